The van der Waals surface area contributed by atoms with Crippen LogP contribution in [0.5, 0.6) is 11.5 Å². The summed E-state index contributed by atoms with van der Waals surface area (Å²) in [5.41, 5.74) is 3.11. The van der Waals surface area contributed by atoms with Crippen LogP contribution in [0.2, 0.25) is 0 Å². The van der Waals surface area contributed by atoms with Crippen LogP contribution in [-0.2, 0) is 11.3 Å². The quantitative estimate of drug-likeness (QED) is 0.552. The molecule has 1 saturated heterocycles. The molecule has 2 amide bonds. The topological polar surface area (TPSA) is 67.9 Å². The number of carbonyl (C=O) groups is 2. The van der Waals surface area contributed by atoms with Crippen molar-refractivity contribution in [1.29, 1.82) is 0 Å². The van der Waals surface area contributed by atoms with Crippen LogP contribution in [0.1, 0.15) is 33.0 Å². The zero-order valence-electron chi connectivity index (χ0n) is 20.1. The summed E-state index contributed by atoms with van der Waals surface area (Å²) in [5, 5.41) is 2.97. The Morgan fingerprint density at radius 2 is 1.71 bits per heavy atom. The first-order valence-corrected chi connectivity index (χ1v) is 11.5. The van der Waals surface area contributed by atoms with Crippen molar-refractivity contribution in [2.75, 3.05) is 27.3 Å². The van der Waals surface area contributed by atoms with Crippen molar-refractivity contribution in [2.24, 2.45) is 5.92 Å². The number of amides is 2. The van der Waals surface area contributed by atoms with Gasteiger partial charge in [0, 0.05) is 36.7 Å². The highest BCUT2D eigenvalue weighted by Crippen LogP contribution is 2.42. The van der Waals surface area contributed by atoms with Gasteiger partial charge in [-0.3, -0.25) is 9.59 Å². The molecule has 1 N–H and O–H groups in total. The molecule has 1 aliphatic rings. The van der Waals surface area contributed by atoms with E-state index < -0.39 is 5.92 Å². The molecule has 182 valence electrons. The van der Waals surface area contributed by atoms with Gasteiger partial charge < -0.3 is 19.7 Å². The second-order valence-corrected chi connectivity index (χ2v) is 8.67. The summed E-state index contributed by atoms with van der Waals surface area (Å²) in [5.74, 6) is -0.272. The van der Waals surface area contributed by atoms with Crippen molar-refractivity contribution in [3.05, 3.63) is 94.8 Å². The van der Waals surface area contributed by atoms with Gasteiger partial charge in [-0.25, -0.2) is 4.39 Å². The summed E-state index contributed by atoms with van der Waals surface area (Å²) < 4.78 is 24.4. The maximum Gasteiger partial charge on any atom is 0.254 e. The van der Waals surface area contributed by atoms with E-state index in [4.69, 9.17) is 9.47 Å². The Bertz CT molecular complexity index is 1210. The number of benzene rings is 3. The molecule has 0 saturated carbocycles. The fraction of sp³-hybridized carbons (Fsp3) is 0.286. The lowest BCUT2D eigenvalue weighted by molar-refractivity contribution is -0.125. The highest BCUT2D eigenvalue weighted by atomic mass is 19.1. The number of aryl methyl sites for hydroxylation is 1. The molecule has 0 spiro atoms. The minimum Gasteiger partial charge on any atom is -0.493 e. The summed E-state index contributed by atoms with van der Waals surface area (Å²) >= 11 is 0. The van der Waals surface area contributed by atoms with E-state index in [1.54, 1.807) is 43.4 Å². The zero-order valence-corrected chi connectivity index (χ0v) is 20.1. The van der Waals surface area contributed by atoms with Crippen LogP contribution < -0.4 is 14.8 Å². The first-order chi connectivity index (χ1) is 16.9. The van der Waals surface area contributed by atoms with Crippen LogP contribution in [0.4, 0.5) is 4.39 Å². The second-order valence-electron chi connectivity index (χ2n) is 8.67. The Kier molecular flexibility index (Phi) is 7.34. The molecule has 2 atom stereocenters. The third-order valence-corrected chi connectivity index (χ3v) is 6.53. The Morgan fingerprint density at radius 3 is 2.40 bits per heavy atom. The van der Waals surface area contributed by atoms with Gasteiger partial charge in [-0.15, -0.1) is 0 Å². The average Bonchev–Trinajstić information content (AvgIpc) is 3.33. The molecule has 0 unspecified atom stereocenters. The van der Waals surface area contributed by atoms with E-state index in [9.17, 15) is 14.0 Å². The molecular formula is C28H29FN2O4. The lowest BCUT2D eigenvalue weighted by Gasteiger charge is -2.21. The number of methoxy groups -OCH3 is 2. The standard InChI is InChI=1S/C28H29FN2O4/c1-18-7-4-5-8-21(18)28(33)31-16-23(22-9-6-10-25(34-2)26(22)35-3)24(17-31)27(32)30-15-19-11-13-20(29)14-12-19/h4-14,23-24H,15-17H2,1-3H3,(H,30,32)/t23-,24-/m1/s1. The van der Waals surface area contributed by atoms with Gasteiger partial charge in [-0.2, -0.15) is 0 Å². The van der Waals surface area contributed by atoms with E-state index in [-0.39, 0.29) is 36.6 Å². The second kappa shape index (κ2) is 10.6. The van der Waals surface area contributed by atoms with E-state index in [2.05, 4.69) is 5.32 Å². The molecule has 35 heavy (non-hydrogen) atoms. The van der Waals surface area contributed by atoms with Crippen LogP contribution in [0.15, 0.2) is 66.7 Å². The Balaban J connectivity index is 1.63. The molecule has 0 aliphatic carbocycles. The third-order valence-electron chi connectivity index (χ3n) is 6.53. The van der Waals surface area contributed by atoms with Crippen molar-refractivity contribution < 1.29 is 23.5 Å². The summed E-state index contributed by atoms with van der Waals surface area (Å²) in [4.78, 5) is 28.5. The monoisotopic (exact) mass is 476 g/mol. The van der Waals surface area contributed by atoms with Crippen LogP contribution >= 0.6 is 0 Å². The van der Waals surface area contributed by atoms with Gasteiger partial charge in [0.05, 0.1) is 20.1 Å². The number of nitrogens with zero attached hydrogens (tertiary/aromatic N) is 1. The number of nitrogens with one attached hydrogen (secondary N) is 1. The van der Waals surface area contributed by atoms with Crippen molar-refractivity contribution in [3.63, 3.8) is 0 Å². The van der Waals surface area contributed by atoms with Gasteiger partial charge in [-0.05, 0) is 42.3 Å². The van der Waals surface area contributed by atoms with Crippen LogP contribution in [0.25, 0.3) is 0 Å². The highest BCUT2D eigenvalue weighted by Gasteiger charge is 2.42. The Labute approximate surface area is 204 Å². The molecule has 3 aromatic carbocycles. The maximum atomic E-state index is 13.4. The van der Waals surface area contributed by atoms with E-state index in [0.717, 1.165) is 16.7 Å². The van der Waals surface area contributed by atoms with Gasteiger partial charge in [0.1, 0.15) is 5.82 Å². The Morgan fingerprint density at radius 1 is 0.971 bits per heavy atom. The molecule has 4 rings (SSSR count). The summed E-state index contributed by atoms with van der Waals surface area (Å²) in [6, 6.07) is 19.0. The molecule has 0 radical (unpaired) electrons. The van der Waals surface area contributed by atoms with Crippen molar-refractivity contribution in [3.8, 4) is 11.5 Å². The van der Waals surface area contributed by atoms with Crippen LogP contribution in [0.3, 0.4) is 0 Å². The molecule has 3 aromatic rings. The number of carbonyl (C=O) groups excluding carboxylic acids is 2. The molecule has 1 fully saturated rings. The lowest BCUT2D eigenvalue weighted by atomic mass is 9.87. The van der Waals surface area contributed by atoms with E-state index in [0.29, 0.717) is 23.6 Å². The number of para-hydroxylation sites is 1. The average molecular weight is 477 g/mol. The predicted molar refractivity (Wildman–Crippen MR) is 131 cm³/mol. The number of halogens is 1. The Hall–Kier alpha value is -3.87. The molecule has 7 heteroatoms. The van der Waals surface area contributed by atoms with E-state index in [1.165, 1.54) is 12.1 Å². The van der Waals surface area contributed by atoms with Crippen molar-refractivity contribution in [2.45, 2.75) is 19.4 Å². The summed E-state index contributed by atoms with van der Waals surface area (Å²) in [6.45, 7) is 2.81. The van der Waals surface area contributed by atoms with E-state index >= 15 is 0 Å². The van der Waals surface area contributed by atoms with Gasteiger partial charge in [-0.1, -0.05) is 42.5 Å². The lowest BCUT2D eigenvalue weighted by Crippen LogP contribution is -2.35. The van der Waals surface area contributed by atoms with Crippen LogP contribution in [0, 0.1) is 18.7 Å². The predicted octanol–water partition coefficient (Wildman–Crippen LogP) is 4.32. The van der Waals surface area contributed by atoms with E-state index in [1.807, 2.05) is 37.3 Å². The molecule has 0 bridgehead atoms. The largest absolute Gasteiger partial charge is 0.493 e. The van der Waals surface area contributed by atoms with Gasteiger partial charge in [0.25, 0.3) is 5.91 Å². The smallest absolute Gasteiger partial charge is 0.254 e. The first kappa shape index (κ1) is 24.3. The minimum atomic E-state index is -0.496. The number of hydrogen-bond acceptors (Lipinski definition) is 4. The van der Waals surface area contributed by atoms with Crippen molar-refractivity contribution in [1.82, 2.24) is 10.2 Å². The summed E-state index contributed by atoms with van der Waals surface area (Å²) in [7, 11) is 3.13. The zero-order chi connectivity index (χ0) is 24.9. The first-order valence-electron chi connectivity index (χ1n) is 11.5. The minimum absolute atomic E-state index is 0.108. The highest BCUT2D eigenvalue weighted by molar-refractivity contribution is 5.96. The number of ether oxygens (including phenoxy) is 2. The number of rotatable bonds is 7. The maximum absolute atomic E-state index is 13.4. The number of hydrogen-bond donors (Lipinski definition) is 1. The fourth-order valence-electron chi connectivity index (χ4n) is 4.66. The molecule has 6 nitrogen and oxygen atoms in total. The molecular weight excluding hydrogens is 447 g/mol. The molecule has 1 heterocycles. The fourth-order valence-corrected chi connectivity index (χ4v) is 4.66. The SMILES string of the molecule is COc1cccc([C@H]2CN(C(=O)c3ccccc3C)C[C@H]2C(=O)NCc2ccc(F)cc2)c1OC. The third kappa shape index (κ3) is 5.14. The van der Waals surface area contributed by atoms with Crippen LogP contribution in [-0.4, -0.2) is 44.0 Å². The molecule has 0 aromatic heterocycles. The summed E-state index contributed by atoms with van der Waals surface area (Å²) in [6.07, 6.45) is 0. The van der Waals surface area contributed by atoms with Crippen molar-refractivity contribution >= 4 is 11.8 Å². The normalized spacial score (nSPS) is 17.2. The van der Waals surface area contributed by atoms with Gasteiger partial charge >= 0.3 is 0 Å². The molecule has 1 aliphatic heterocycles. The van der Waals surface area contributed by atoms with Gasteiger partial charge in [0.15, 0.2) is 11.5 Å². The van der Waals surface area contributed by atoms with Gasteiger partial charge in [0.2, 0.25) is 5.91 Å². The number of likely N-dealkylation sites (tertiary alicyclic amines) is 1.